The first-order valence-corrected chi connectivity index (χ1v) is 15.5. The lowest BCUT2D eigenvalue weighted by atomic mass is 10.1. The zero-order chi connectivity index (χ0) is 32.2. The Balaban J connectivity index is 1.23. The summed E-state index contributed by atoms with van der Waals surface area (Å²) in [6.07, 6.45) is 5.93. The highest BCUT2D eigenvalue weighted by Gasteiger charge is 2.30. The molecule has 12 heteroatoms. The van der Waals surface area contributed by atoms with Crippen molar-refractivity contribution in [1.82, 2.24) is 24.9 Å². The van der Waals surface area contributed by atoms with Gasteiger partial charge in [-0.1, -0.05) is 24.3 Å². The van der Waals surface area contributed by atoms with Crippen molar-refractivity contribution >= 4 is 23.4 Å². The Kier molecular flexibility index (Phi) is 8.74. The minimum atomic E-state index is -0.518. The molecule has 0 spiro atoms. The minimum absolute atomic E-state index is 0.518. The summed E-state index contributed by atoms with van der Waals surface area (Å²) in [6, 6.07) is 19.1. The summed E-state index contributed by atoms with van der Waals surface area (Å²) in [5.41, 5.74) is 5.57. The first-order chi connectivity index (χ1) is 23.1. The smallest absolute Gasteiger partial charge is 0.228 e. The third-order valence-corrected chi connectivity index (χ3v) is 8.39. The molecule has 240 valence electrons. The normalized spacial score (nSPS) is 14.2. The molecule has 0 radical (unpaired) electrons. The molecule has 0 unspecified atom stereocenters. The molecule has 0 atom stereocenters. The van der Waals surface area contributed by atoms with Crippen molar-refractivity contribution in [3.8, 4) is 22.8 Å². The fourth-order valence-electron chi connectivity index (χ4n) is 5.87. The molecular weight excluding hydrogens is 599 g/mol. The van der Waals surface area contributed by atoms with Crippen LogP contribution in [0.5, 0.6) is 11.5 Å². The molecule has 2 aromatic carbocycles. The van der Waals surface area contributed by atoms with Crippen molar-refractivity contribution in [3.05, 3.63) is 102 Å². The van der Waals surface area contributed by atoms with Crippen molar-refractivity contribution in [2.24, 2.45) is 0 Å². The van der Waals surface area contributed by atoms with E-state index in [1.54, 1.807) is 26.5 Å². The second kappa shape index (κ2) is 13.6. The number of hydrogen-bond donors (Lipinski definition) is 0. The number of halogens is 1. The Morgan fingerprint density at radius 2 is 1.40 bits per heavy atom. The van der Waals surface area contributed by atoms with Gasteiger partial charge in [0.25, 0.3) is 0 Å². The molecule has 7 rings (SSSR count). The summed E-state index contributed by atoms with van der Waals surface area (Å²) in [6.45, 7) is 4.47. The molecule has 0 bridgehead atoms. The van der Waals surface area contributed by atoms with Crippen molar-refractivity contribution < 1.29 is 18.6 Å². The maximum Gasteiger partial charge on any atom is 0.228 e. The zero-order valence-electron chi connectivity index (χ0n) is 26.3. The highest BCUT2D eigenvalue weighted by Crippen LogP contribution is 2.39. The number of fused-ring (bicyclic) bond motifs is 1. The van der Waals surface area contributed by atoms with Gasteiger partial charge in [-0.05, 0) is 53.9 Å². The van der Waals surface area contributed by atoms with Crippen LogP contribution in [0.3, 0.4) is 0 Å². The van der Waals surface area contributed by atoms with Gasteiger partial charge in [0, 0.05) is 56.2 Å². The molecule has 1 saturated heterocycles. The van der Waals surface area contributed by atoms with E-state index in [0.29, 0.717) is 64.3 Å². The molecular formula is C35H35FN8O3. The van der Waals surface area contributed by atoms with Gasteiger partial charge in [-0.15, -0.1) is 0 Å². The van der Waals surface area contributed by atoms with E-state index in [9.17, 15) is 4.39 Å². The molecule has 2 aliphatic rings. The van der Waals surface area contributed by atoms with Crippen LogP contribution in [-0.2, 0) is 24.2 Å². The lowest BCUT2D eigenvalue weighted by Gasteiger charge is -2.28. The van der Waals surface area contributed by atoms with Gasteiger partial charge >= 0.3 is 0 Å². The summed E-state index contributed by atoms with van der Waals surface area (Å²) < 4.78 is 30.0. The molecule has 2 aliphatic heterocycles. The first kappa shape index (κ1) is 30.3. The predicted octanol–water partition coefficient (Wildman–Crippen LogP) is 5.22. The average Bonchev–Trinajstić information content (AvgIpc) is 3.56. The van der Waals surface area contributed by atoms with E-state index < -0.39 is 5.95 Å². The van der Waals surface area contributed by atoms with Gasteiger partial charge in [0.15, 0.2) is 0 Å². The summed E-state index contributed by atoms with van der Waals surface area (Å²) in [7, 11) is 3.32. The van der Waals surface area contributed by atoms with E-state index in [0.717, 1.165) is 51.0 Å². The maximum absolute atomic E-state index is 13.7. The molecule has 5 heterocycles. The maximum atomic E-state index is 13.7. The molecule has 47 heavy (non-hydrogen) atoms. The Morgan fingerprint density at radius 3 is 1.98 bits per heavy atom. The zero-order valence-corrected chi connectivity index (χ0v) is 26.3. The van der Waals surface area contributed by atoms with Crippen LogP contribution in [0.1, 0.15) is 16.7 Å². The number of benzene rings is 2. The number of nitrogens with zero attached hydrogens (tertiary/aromatic N) is 8. The number of aromatic nitrogens is 5. The van der Waals surface area contributed by atoms with Crippen LogP contribution in [-0.4, -0.2) is 72.0 Å². The van der Waals surface area contributed by atoms with E-state index in [2.05, 4.69) is 19.7 Å². The van der Waals surface area contributed by atoms with Crippen LogP contribution in [0.4, 0.5) is 27.8 Å². The molecule has 11 nitrogen and oxygen atoms in total. The summed E-state index contributed by atoms with van der Waals surface area (Å²) in [5.74, 6) is 3.09. The SMILES string of the molecule is COc1ccc(CN(Cc2ccc(OC)cc2)c2ncc(-c3nc(N4CCOCC4)nc4c3CCN4c3ccc(F)nc3)cn2)cc1. The van der Waals surface area contributed by atoms with Crippen molar-refractivity contribution in [2.75, 3.05) is 61.8 Å². The van der Waals surface area contributed by atoms with Crippen molar-refractivity contribution in [2.45, 2.75) is 19.5 Å². The van der Waals surface area contributed by atoms with Crippen molar-refractivity contribution in [1.29, 1.82) is 0 Å². The predicted molar refractivity (Wildman–Crippen MR) is 177 cm³/mol. The van der Waals surface area contributed by atoms with E-state index >= 15 is 0 Å². The summed E-state index contributed by atoms with van der Waals surface area (Å²) in [4.78, 5) is 30.0. The van der Waals surface area contributed by atoms with Crippen LogP contribution in [0.25, 0.3) is 11.3 Å². The quantitative estimate of drug-likeness (QED) is 0.189. The third kappa shape index (κ3) is 6.63. The Bertz CT molecular complexity index is 1750. The summed E-state index contributed by atoms with van der Waals surface area (Å²) in [5, 5.41) is 0. The van der Waals surface area contributed by atoms with Gasteiger partial charge in [0.1, 0.15) is 17.3 Å². The monoisotopic (exact) mass is 634 g/mol. The van der Waals surface area contributed by atoms with Gasteiger partial charge in [0.2, 0.25) is 17.8 Å². The topological polar surface area (TPSA) is 102 Å². The van der Waals surface area contributed by atoms with E-state index in [1.807, 2.05) is 60.9 Å². The minimum Gasteiger partial charge on any atom is -0.497 e. The fraction of sp³-hybridized carbons (Fsp3) is 0.286. The summed E-state index contributed by atoms with van der Waals surface area (Å²) >= 11 is 0. The number of morpholine rings is 1. The molecule has 5 aromatic rings. The number of pyridine rings is 1. The van der Waals surface area contributed by atoms with Crippen LogP contribution in [0, 0.1) is 5.95 Å². The molecule has 0 saturated carbocycles. The fourth-order valence-corrected chi connectivity index (χ4v) is 5.87. The van der Waals surface area contributed by atoms with Crippen LogP contribution >= 0.6 is 0 Å². The van der Waals surface area contributed by atoms with Gasteiger partial charge in [-0.2, -0.15) is 9.37 Å². The molecule has 0 N–H and O–H groups in total. The van der Waals surface area contributed by atoms with Gasteiger partial charge in [-0.3, -0.25) is 0 Å². The van der Waals surface area contributed by atoms with Gasteiger partial charge in [-0.25, -0.2) is 19.9 Å². The molecule has 0 amide bonds. The lowest BCUT2D eigenvalue weighted by Crippen LogP contribution is -2.37. The number of anilines is 4. The Hall–Kier alpha value is -5.36. The van der Waals surface area contributed by atoms with Crippen LogP contribution in [0.15, 0.2) is 79.3 Å². The number of ether oxygens (including phenoxy) is 3. The lowest BCUT2D eigenvalue weighted by molar-refractivity contribution is 0.122. The second-order valence-electron chi connectivity index (χ2n) is 11.3. The number of methoxy groups -OCH3 is 2. The number of hydrogen-bond acceptors (Lipinski definition) is 11. The Morgan fingerprint density at radius 1 is 0.766 bits per heavy atom. The second-order valence-corrected chi connectivity index (χ2v) is 11.3. The average molecular weight is 635 g/mol. The van der Waals surface area contributed by atoms with E-state index in [4.69, 9.17) is 34.1 Å². The van der Waals surface area contributed by atoms with Gasteiger partial charge in [0.05, 0.1) is 45.0 Å². The first-order valence-electron chi connectivity index (χ1n) is 15.5. The standard InChI is InChI=1S/C35H35FN8O3/c1-45-28-8-3-24(4-9-28)22-43(23-25-5-10-29(46-2)11-6-25)34-38-19-26(20-39-34)32-30-13-14-44(27-7-12-31(36)37-21-27)33(30)41-35(40-32)42-15-17-47-18-16-42/h3-12,19-21H,13-18,22-23H2,1-2H3. The van der Waals surface area contributed by atoms with Crippen LogP contribution in [0.2, 0.25) is 0 Å². The molecule has 3 aromatic heterocycles. The molecule has 0 aliphatic carbocycles. The Labute approximate surface area is 272 Å². The number of rotatable bonds is 10. The highest BCUT2D eigenvalue weighted by molar-refractivity contribution is 5.76. The van der Waals surface area contributed by atoms with E-state index in [1.165, 1.54) is 6.07 Å². The third-order valence-electron chi connectivity index (χ3n) is 8.39. The largest absolute Gasteiger partial charge is 0.497 e. The van der Waals surface area contributed by atoms with E-state index in [-0.39, 0.29) is 0 Å². The highest BCUT2D eigenvalue weighted by atomic mass is 19.1. The van der Waals surface area contributed by atoms with Crippen molar-refractivity contribution in [3.63, 3.8) is 0 Å². The van der Waals surface area contributed by atoms with Crippen LogP contribution < -0.4 is 24.2 Å². The van der Waals surface area contributed by atoms with Gasteiger partial charge < -0.3 is 28.9 Å². The molecule has 1 fully saturated rings.